The van der Waals surface area contributed by atoms with Crippen molar-refractivity contribution < 1.29 is 19.1 Å². The number of hydrogen-bond donors (Lipinski definition) is 0. The average molecular weight is 362 g/mol. The quantitative estimate of drug-likeness (QED) is 0.576. The molecule has 4 nitrogen and oxygen atoms in total. The van der Waals surface area contributed by atoms with Crippen LogP contribution in [0.2, 0.25) is 0 Å². The minimum Gasteiger partial charge on any atom is -0.457 e. The van der Waals surface area contributed by atoms with Crippen molar-refractivity contribution >= 4 is 17.5 Å². The second-order valence-electron chi connectivity index (χ2n) is 7.51. The van der Waals surface area contributed by atoms with Gasteiger partial charge in [0.1, 0.15) is 0 Å². The molecule has 0 radical (unpaired) electrons. The highest BCUT2D eigenvalue weighted by Gasteiger charge is 2.54. The van der Waals surface area contributed by atoms with Gasteiger partial charge in [-0.25, -0.2) is 0 Å². The summed E-state index contributed by atoms with van der Waals surface area (Å²) in [6.45, 7) is -0.275. The minimum absolute atomic E-state index is 0.0270. The van der Waals surface area contributed by atoms with Gasteiger partial charge in [-0.05, 0) is 31.1 Å². The first-order chi connectivity index (χ1) is 13.1. The molecule has 2 aliphatic rings. The molecule has 0 saturated heterocycles. The average Bonchev–Trinajstić information content (AvgIpc) is 3.34. The molecule has 138 valence electrons. The zero-order chi connectivity index (χ0) is 18.8. The molecule has 2 saturated carbocycles. The monoisotopic (exact) mass is 362 g/mol. The molecule has 0 heterocycles. The second kappa shape index (κ2) is 7.47. The molecule has 0 N–H and O–H groups in total. The molecule has 27 heavy (non-hydrogen) atoms. The molecule has 4 heteroatoms. The summed E-state index contributed by atoms with van der Waals surface area (Å²) in [7, 11) is 0. The standard InChI is InChI=1S/C23H22O4/c24-19(15-7-3-1-4-8-15)14-27-23(26)21-18-12-11-17(13-18)20(21)22(25)16-9-5-2-6-10-16/h1-10,17-18,20-21H,11-14H2. The van der Waals surface area contributed by atoms with Crippen molar-refractivity contribution in [3.63, 3.8) is 0 Å². The number of fused-ring (bicyclic) bond motifs is 2. The molecule has 2 aromatic carbocycles. The maximum absolute atomic E-state index is 13.0. The van der Waals surface area contributed by atoms with Crippen molar-refractivity contribution in [1.29, 1.82) is 0 Å². The third-order valence-corrected chi connectivity index (χ3v) is 5.99. The van der Waals surface area contributed by atoms with Crippen LogP contribution in [0.1, 0.15) is 40.0 Å². The number of carbonyl (C=O) groups excluding carboxylic acids is 3. The van der Waals surface area contributed by atoms with Gasteiger partial charge in [-0.2, -0.15) is 0 Å². The lowest BCUT2D eigenvalue weighted by Crippen LogP contribution is -2.36. The van der Waals surface area contributed by atoms with Crippen LogP contribution < -0.4 is 0 Å². The first-order valence-corrected chi connectivity index (χ1v) is 9.49. The number of esters is 1. The zero-order valence-electron chi connectivity index (χ0n) is 15.0. The van der Waals surface area contributed by atoms with E-state index in [4.69, 9.17) is 4.74 Å². The summed E-state index contributed by atoms with van der Waals surface area (Å²) in [6, 6.07) is 17.9. The van der Waals surface area contributed by atoms with Crippen LogP contribution in [-0.2, 0) is 9.53 Å². The van der Waals surface area contributed by atoms with Crippen molar-refractivity contribution in [1.82, 2.24) is 0 Å². The van der Waals surface area contributed by atoms with E-state index in [0.29, 0.717) is 11.1 Å². The molecular formula is C23H22O4. The molecule has 2 fully saturated rings. The van der Waals surface area contributed by atoms with E-state index < -0.39 is 11.9 Å². The van der Waals surface area contributed by atoms with Crippen LogP contribution in [0, 0.1) is 23.7 Å². The van der Waals surface area contributed by atoms with Gasteiger partial charge in [0.2, 0.25) is 0 Å². The number of benzene rings is 2. The SMILES string of the molecule is O=C(COC(=O)C1C2CCC(C2)C1C(=O)c1ccccc1)c1ccccc1. The van der Waals surface area contributed by atoms with E-state index in [9.17, 15) is 14.4 Å². The number of ether oxygens (including phenoxy) is 1. The number of Topliss-reactive ketones (excluding diaryl/α,β-unsaturated/α-hetero) is 2. The van der Waals surface area contributed by atoms with E-state index in [2.05, 4.69) is 0 Å². The lowest BCUT2D eigenvalue weighted by molar-refractivity contribution is -0.150. The molecular weight excluding hydrogens is 340 g/mol. The van der Waals surface area contributed by atoms with Gasteiger partial charge in [0, 0.05) is 17.0 Å². The summed E-state index contributed by atoms with van der Waals surface area (Å²) in [5, 5.41) is 0. The predicted octanol–water partition coefficient (Wildman–Crippen LogP) is 3.96. The van der Waals surface area contributed by atoms with Crippen molar-refractivity contribution in [2.45, 2.75) is 19.3 Å². The molecule has 4 rings (SSSR count). The molecule has 4 atom stereocenters. The van der Waals surface area contributed by atoms with Gasteiger partial charge in [-0.1, -0.05) is 60.7 Å². The lowest BCUT2D eigenvalue weighted by Gasteiger charge is -2.28. The van der Waals surface area contributed by atoms with Crippen LogP contribution in [0.5, 0.6) is 0 Å². The summed E-state index contributed by atoms with van der Waals surface area (Å²) >= 11 is 0. The van der Waals surface area contributed by atoms with Crippen LogP contribution in [0.15, 0.2) is 60.7 Å². The van der Waals surface area contributed by atoms with Gasteiger partial charge in [-0.15, -0.1) is 0 Å². The number of ketones is 2. The van der Waals surface area contributed by atoms with Crippen LogP contribution in [0.3, 0.4) is 0 Å². The van der Waals surface area contributed by atoms with Gasteiger partial charge >= 0.3 is 5.97 Å². The third kappa shape index (κ3) is 3.44. The van der Waals surface area contributed by atoms with Crippen LogP contribution in [0.25, 0.3) is 0 Å². The molecule has 0 aromatic heterocycles. The summed E-state index contributed by atoms with van der Waals surface area (Å²) in [5.74, 6) is -0.930. The highest BCUT2D eigenvalue weighted by Crippen LogP contribution is 2.53. The van der Waals surface area contributed by atoms with Gasteiger partial charge in [-0.3, -0.25) is 14.4 Å². The van der Waals surface area contributed by atoms with E-state index in [1.54, 1.807) is 36.4 Å². The Morgan fingerprint density at radius 2 is 1.33 bits per heavy atom. The van der Waals surface area contributed by atoms with Gasteiger partial charge in [0.25, 0.3) is 0 Å². The van der Waals surface area contributed by atoms with Crippen LogP contribution >= 0.6 is 0 Å². The molecule has 0 amide bonds. The minimum atomic E-state index is -0.431. The summed E-state index contributed by atoms with van der Waals surface area (Å²) in [6.07, 6.45) is 2.84. The van der Waals surface area contributed by atoms with E-state index in [0.717, 1.165) is 19.3 Å². The zero-order valence-corrected chi connectivity index (χ0v) is 15.0. The molecule has 0 spiro atoms. The van der Waals surface area contributed by atoms with Crippen molar-refractivity contribution in [3.8, 4) is 0 Å². The van der Waals surface area contributed by atoms with Gasteiger partial charge < -0.3 is 4.74 Å². The van der Waals surface area contributed by atoms with E-state index in [-0.39, 0.29) is 35.9 Å². The number of hydrogen-bond acceptors (Lipinski definition) is 4. The highest BCUT2D eigenvalue weighted by molar-refractivity contribution is 6.01. The Bertz CT molecular complexity index is 843. The van der Waals surface area contributed by atoms with E-state index in [1.807, 2.05) is 24.3 Å². The fraction of sp³-hybridized carbons (Fsp3) is 0.348. The molecule has 2 aromatic rings. The molecule has 4 unspecified atom stereocenters. The summed E-state index contributed by atoms with van der Waals surface area (Å²) in [4.78, 5) is 38.0. The molecule has 2 aliphatic carbocycles. The fourth-order valence-electron chi connectivity index (χ4n) is 4.74. The Labute approximate surface area is 158 Å². The molecule has 0 aliphatic heterocycles. The first-order valence-electron chi connectivity index (χ1n) is 9.49. The predicted molar refractivity (Wildman–Crippen MR) is 100 cm³/mol. The maximum atomic E-state index is 13.0. The Hall–Kier alpha value is -2.75. The first kappa shape index (κ1) is 17.7. The Morgan fingerprint density at radius 1 is 0.778 bits per heavy atom. The topological polar surface area (TPSA) is 60.4 Å². The molecule has 2 bridgehead atoms. The van der Waals surface area contributed by atoms with Crippen LogP contribution in [0.4, 0.5) is 0 Å². The Morgan fingerprint density at radius 3 is 1.96 bits per heavy atom. The maximum Gasteiger partial charge on any atom is 0.310 e. The number of carbonyl (C=O) groups is 3. The highest BCUT2D eigenvalue weighted by atomic mass is 16.5. The third-order valence-electron chi connectivity index (χ3n) is 5.99. The smallest absolute Gasteiger partial charge is 0.310 e. The van der Waals surface area contributed by atoms with Gasteiger partial charge in [0.05, 0.1) is 5.92 Å². The summed E-state index contributed by atoms with van der Waals surface area (Å²) in [5.41, 5.74) is 1.17. The van der Waals surface area contributed by atoms with Crippen LogP contribution in [-0.4, -0.2) is 24.1 Å². The number of rotatable bonds is 6. The normalized spacial score (nSPS) is 25.9. The second-order valence-corrected chi connectivity index (χ2v) is 7.51. The summed E-state index contributed by atoms with van der Waals surface area (Å²) < 4.78 is 5.37. The Kier molecular flexibility index (Phi) is 4.88. The van der Waals surface area contributed by atoms with Crippen molar-refractivity contribution in [3.05, 3.63) is 71.8 Å². The lowest BCUT2D eigenvalue weighted by atomic mass is 9.75. The fourth-order valence-corrected chi connectivity index (χ4v) is 4.74. The van der Waals surface area contributed by atoms with E-state index in [1.165, 1.54) is 0 Å². The van der Waals surface area contributed by atoms with Crippen molar-refractivity contribution in [2.24, 2.45) is 23.7 Å². The largest absolute Gasteiger partial charge is 0.457 e. The van der Waals surface area contributed by atoms with Gasteiger partial charge in [0.15, 0.2) is 18.2 Å². The Balaban J connectivity index is 1.47. The van der Waals surface area contributed by atoms with E-state index >= 15 is 0 Å². The van der Waals surface area contributed by atoms with Crippen molar-refractivity contribution in [2.75, 3.05) is 6.61 Å².